The van der Waals surface area contributed by atoms with Gasteiger partial charge < -0.3 is 10.5 Å². The first-order valence-electron chi connectivity index (χ1n) is 6.05. The van der Waals surface area contributed by atoms with Crippen LogP contribution in [0.25, 0.3) is 11.1 Å². The van der Waals surface area contributed by atoms with Crippen molar-refractivity contribution >= 4 is 5.82 Å². The predicted molar refractivity (Wildman–Crippen MR) is 74.6 cm³/mol. The smallest absolute Gasteiger partial charge is 0.123 e. The second-order valence-electron chi connectivity index (χ2n) is 4.62. The van der Waals surface area contributed by atoms with Crippen molar-refractivity contribution in [3.63, 3.8) is 0 Å². The molecule has 2 rings (SSSR count). The molecule has 0 aliphatic rings. The van der Waals surface area contributed by atoms with E-state index >= 15 is 0 Å². The van der Waals surface area contributed by atoms with Crippen LogP contribution in [0.1, 0.15) is 19.4 Å². The van der Waals surface area contributed by atoms with Gasteiger partial charge in [0.1, 0.15) is 11.6 Å². The number of benzene rings is 1. The topological polar surface area (TPSA) is 48.1 Å². The molecule has 94 valence electrons. The van der Waals surface area contributed by atoms with Gasteiger partial charge in [0.05, 0.1) is 6.10 Å². The molecule has 0 unspecified atom stereocenters. The van der Waals surface area contributed by atoms with Gasteiger partial charge in [0, 0.05) is 11.8 Å². The van der Waals surface area contributed by atoms with E-state index in [0.717, 1.165) is 22.4 Å². The van der Waals surface area contributed by atoms with Crippen LogP contribution >= 0.6 is 0 Å². The molecule has 0 aliphatic carbocycles. The second-order valence-corrected chi connectivity index (χ2v) is 4.62. The number of nitrogens with two attached hydrogens (primary N) is 1. The van der Waals surface area contributed by atoms with Crippen LogP contribution in [-0.2, 0) is 0 Å². The fourth-order valence-corrected chi connectivity index (χ4v) is 1.87. The number of hydrogen-bond donors (Lipinski definition) is 1. The quantitative estimate of drug-likeness (QED) is 0.897. The zero-order valence-electron chi connectivity index (χ0n) is 11.0. The summed E-state index contributed by atoms with van der Waals surface area (Å²) in [6.07, 6.45) is 2.00. The molecule has 1 aromatic carbocycles. The minimum atomic E-state index is 0.191. The van der Waals surface area contributed by atoms with Gasteiger partial charge in [-0.1, -0.05) is 12.1 Å². The molecule has 1 aromatic heterocycles. The number of nitrogen functional groups attached to an aromatic ring is 1. The van der Waals surface area contributed by atoms with Gasteiger partial charge in [0.25, 0.3) is 0 Å². The second kappa shape index (κ2) is 5.08. The monoisotopic (exact) mass is 242 g/mol. The largest absolute Gasteiger partial charge is 0.491 e. The molecule has 0 radical (unpaired) electrons. The van der Waals surface area contributed by atoms with Gasteiger partial charge >= 0.3 is 0 Å². The average molecular weight is 242 g/mol. The summed E-state index contributed by atoms with van der Waals surface area (Å²) >= 11 is 0. The molecular weight excluding hydrogens is 224 g/mol. The Balaban J connectivity index is 2.28. The number of rotatable bonds is 3. The maximum absolute atomic E-state index is 5.65. The molecular formula is C15H18N2O. The van der Waals surface area contributed by atoms with E-state index in [2.05, 4.69) is 4.98 Å². The number of pyridine rings is 1. The van der Waals surface area contributed by atoms with Crippen molar-refractivity contribution in [1.82, 2.24) is 4.98 Å². The summed E-state index contributed by atoms with van der Waals surface area (Å²) in [6, 6.07) is 9.92. The Morgan fingerprint density at radius 3 is 2.39 bits per heavy atom. The molecule has 0 bridgehead atoms. The highest BCUT2D eigenvalue weighted by Gasteiger charge is 2.04. The highest BCUT2D eigenvalue weighted by molar-refractivity contribution is 5.68. The molecule has 0 fully saturated rings. The molecule has 18 heavy (non-hydrogen) atoms. The standard InChI is InChI=1S/C15H18N2O/c1-10(2)18-13-6-4-12(5-7-13)14-9-17-15(16)8-11(14)3/h4-10H,1-3H3,(H2,16,17). The van der Waals surface area contributed by atoms with E-state index in [4.69, 9.17) is 10.5 Å². The molecule has 0 aliphatic heterocycles. The van der Waals surface area contributed by atoms with Crippen LogP contribution in [0.2, 0.25) is 0 Å². The third-order valence-electron chi connectivity index (χ3n) is 2.67. The zero-order chi connectivity index (χ0) is 13.1. The highest BCUT2D eigenvalue weighted by atomic mass is 16.5. The minimum absolute atomic E-state index is 0.191. The Kier molecular flexibility index (Phi) is 3.51. The molecule has 0 atom stereocenters. The van der Waals surface area contributed by atoms with E-state index in [9.17, 15) is 0 Å². The SMILES string of the molecule is Cc1cc(N)ncc1-c1ccc(OC(C)C)cc1. The Morgan fingerprint density at radius 2 is 1.83 bits per heavy atom. The Bertz CT molecular complexity index is 533. The number of hydrogen-bond acceptors (Lipinski definition) is 3. The third kappa shape index (κ3) is 2.80. The normalized spacial score (nSPS) is 10.7. The van der Waals surface area contributed by atoms with Crippen LogP contribution in [-0.4, -0.2) is 11.1 Å². The van der Waals surface area contributed by atoms with E-state index in [1.807, 2.05) is 57.3 Å². The summed E-state index contributed by atoms with van der Waals surface area (Å²) in [5.74, 6) is 1.44. The molecule has 0 spiro atoms. The summed E-state index contributed by atoms with van der Waals surface area (Å²) in [4.78, 5) is 4.13. The Morgan fingerprint density at radius 1 is 1.17 bits per heavy atom. The number of aromatic nitrogens is 1. The molecule has 2 aromatic rings. The molecule has 3 nitrogen and oxygen atoms in total. The van der Waals surface area contributed by atoms with Crippen LogP contribution in [0.4, 0.5) is 5.82 Å². The molecule has 2 N–H and O–H groups in total. The third-order valence-corrected chi connectivity index (χ3v) is 2.67. The van der Waals surface area contributed by atoms with Crippen molar-refractivity contribution in [1.29, 1.82) is 0 Å². The maximum Gasteiger partial charge on any atom is 0.123 e. The lowest BCUT2D eigenvalue weighted by molar-refractivity contribution is 0.242. The van der Waals surface area contributed by atoms with Crippen LogP contribution in [0.5, 0.6) is 5.75 Å². The van der Waals surface area contributed by atoms with E-state index in [0.29, 0.717) is 5.82 Å². The van der Waals surface area contributed by atoms with Gasteiger partial charge in [-0.3, -0.25) is 0 Å². The lowest BCUT2D eigenvalue weighted by Crippen LogP contribution is -2.05. The van der Waals surface area contributed by atoms with Gasteiger partial charge in [-0.15, -0.1) is 0 Å². The number of aryl methyl sites for hydroxylation is 1. The summed E-state index contributed by atoms with van der Waals surface area (Å²) in [5.41, 5.74) is 9.00. The first-order valence-corrected chi connectivity index (χ1v) is 6.05. The van der Waals surface area contributed by atoms with Crippen molar-refractivity contribution in [2.24, 2.45) is 0 Å². The van der Waals surface area contributed by atoms with Gasteiger partial charge in [0.2, 0.25) is 0 Å². The fourth-order valence-electron chi connectivity index (χ4n) is 1.87. The minimum Gasteiger partial charge on any atom is -0.491 e. The molecule has 0 amide bonds. The summed E-state index contributed by atoms with van der Waals surface area (Å²) < 4.78 is 5.62. The van der Waals surface area contributed by atoms with Crippen LogP contribution < -0.4 is 10.5 Å². The van der Waals surface area contributed by atoms with Crippen molar-refractivity contribution in [2.75, 3.05) is 5.73 Å². The molecule has 0 saturated carbocycles. The lowest BCUT2D eigenvalue weighted by Gasteiger charge is -2.11. The van der Waals surface area contributed by atoms with Crippen LogP contribution in [0.3, 0.4) is 0 Å². The summed E-state index contributed by atoms with van der Waals surface area (Å²) in [7, 11) is 0. The lowest BCUT2D eigenvalue weighted by atomic mass is 10.0. The average Bonchev–Trinajstić information content (AvgIpc) is 2.30. The van der Waals surface area contributed by atoms with Crippen LogP contribution in [0.15, 0.2) is 36.5 Å². The van der Waals surface area contributed by atoms with E-state index in [-0.39, 0.29) is 6.10 Å². The van der Waals surface area contributed by atoms with Crippen LogP contribution in [0, 0.1) is 6.92 Å². The Hall–Kier alpha value is -2.03. The fraction of sp³-hybridized carbons (Fsp3) is 0.267. The van der Waals surface area contributed by atoms with Gasteiger partial charge in [-0.2, -0.15) is 0 Å². The zero-order valence-corrected chi connectivity index (χ0v) is 11.0. The summed E-state index contributed by atoms with van der Waals surface area (Å²) in [6.45, 7) is 6.07. The van der Waals surface area contributed by atoms with E-state index in [1.165, 1.54) is 0 Å². The highest BCUT2D eigenvalue weighted by Crippen LogP contribution is 2.25. The Labute approximate surface area is 108 Å². The van der Waals surface area contributed by atoms with E-state index in [1.54, 1.807) is 0 Å². The first-order chi connectivity index (χ1) is 8.56. The molecule has 3 heteroatoms. The number of ether oxygens (including phenoxy) is 1. The predicted octanol–water partition coefficient (Wildman–Crippen LogP) is 3.43. The number of nitrogens with zero attached hydrogens (tertiary/aromatic N) is 1. The van der Waals surface area contributed by atoms with Gasteiger partial charge in [-0.25, -0.2) is 4.98 Å². The first kappa shape index (κ1) is 12.4. The molecule has 1 heterocycles. The summed E-state index contributed by atoms with van der Waals surface area (Å²) in [5, 5.41) is 0. The molecule has 0 saturated heterocycles. The van der Waals surface area contributed by atoms with Crippen molar-refractivity contribution in [2.45, 2.75) is 26.9 Å². The van der Waals surface area contributed by atoms with E-state index < -0.39 is 0 Å². The number of anilines is 1. The van der Waals surface area contributed by atoms with Gasteiger partial charge in [-0.05, 0) is 50.1 Å². The van der Waals surface area contributed by atoms with Crippen molar-refractivity contribution in [3.8, 4) is 16.9 Å². The van der Waals surface area contributed by atoms with Gasteiger partial charge in [0.15, 0.2) is 0 Å². The van der Waals surface area contributed by atoms with Crippen molar-refractivity contribution < 1.29 is 4.74 Å². The maximum atomic E-state index is 5.65. The van der Waals surface area contributed by atoms with Crippen molar-refractivity contribution in [3.05, 3.63) is 42.1 Å².